The molecule has 1 aromatic rings. The summed E-state index contributed by atoms with van der Waals surface area (Å²) in [4.78, 5) is 17.1. The number of hydrogen-bond donors (Lipinski definition) is 2. The van der Waals surface area contributed by atoms with Crippen LogP contribution in [-0.2, 0) is 0 Å². The van der Waals surface area contributed by atoms with Gasteiger partial charge in [-0.05, 0) is 13.0 Å². The summed E-state index contributed by atoms with van der Waals surface area (Å²) in [5.41, 5.74) is 0.864. The number of amides is 2. The molecule has 5 nitrogen and oxygen atoms in total. The summed E-state index contributed by atoms with van der Waals surface area (Å²) in [5, 5.41) is 10.2. The molecule has 0 radical (unpaired) electrons. The van der Waals surface area contributed by atoms with Gasteiger partial charge < -0.3 is 4.90 Å². The number of hydrogen-bond acceptors (Lipinski definition) is 3. The summed E-state index contributed by atoms with van der Waals surface area (Å²) < 4.78 is 0. The number of pyridine rings is 1. The maximum atomic E-state index is 11.5. The van der Waals surface area contributed by atoms with Gasteiger partial charge in [-0.15, -0.1) is 0 Å². The topological polar surface area (TPSA) is 69.1 Å². The molecule has 1 fully saturated rings. The van der Waals surface area contributed by atoms with Gasteiger partial charge in [0.15, 0.2) is 0 Å². The summed E-state index contributed by atoms with van der Waals surface area (Å²) in [7, 11) is 0. The molecule has 0 aliphatic carbocycles. The predicted octanol–water partition coefficient (Wildman–Crippen LogP) is 1.15. The maximum absolute atomic E-state index is 11.5. The van der Waals surface area contributed by atoms with Crippen LogP contribution in [0.15, 0.2) is 24.5 Å². The Kier molecular flexibility index (Phi) is 2.37. The molecule has 0 spiro atoms. The lowest BCUT2D eigenvalue weighted by atomic mass is 10.1. The van der Waals surface area contributed by atoms with Crippen molar-refractivity contribution in [1.29, 1.82) is 5.41 Å². The number of carbonyl (C=O) groups excluding carboxylic acids is 1. The first-order valence-electron chi connectivity index (χ1n) is 4.80. The second-order valence-corrected chi connectivity index (χ2v) is 3.32. The molecule has 5 heteroatoms. The largest absolute Gasteiger partial charge is 0.323 e. The zero-order chi connectivity index (χ0) is 10.8. The molecule has 1 atom stereocenters. The van der Waals surface area contributed by atoms with Crippen LogP contribution in [-0.4, -0.2) is 28.3 Å². The van der Waals surface area contributed by atoms with Crippen molar-refractivity contribution < 1.29 is 4.79 Å². The van der Waals surface area contributed by atoms with E-state index >= 15 is 0 Å². The van der Waals surface area contributed by atoms with Crippen molar-refractivity contribution >= 4 is 11.9 Å². The number of carbonyl (C=O) groups is 1. The number of likely N-dealkylation sites (N-methyl/N-ethyl adjacent to an activating group) is 1. The van der Waals surface area contributed by atoms with Crippen molar-refractivity contribution in [3.8, 4) is 0 Å². The third kappa shape index (κ3) is 1.56. The van der Waals surface area contributed by atoms with Crippen molar-refractivity contribution in [3.05, 3.63) is 30.1 Å². The highest BCUT2D eigenvalue weighted by Crippen LogP contribution is 2.24. The number of nitrogens with zero attached hydrogens (tertiary/aromatic N) is 2. The zero-order valence-corrected chi connectivity index (χ0v) is 8.40. The van der Waals surface area contributed by atoms with Crippen LogP contribution in [0.1, 0.15) is 18.5 Å². The van der Waals surface area contributed by atoms with Crippen molar-refractivity contribution in [3.63, 3.8) is 0 Å². The second kappa shape index (κ2) is 3.68. The summed E-state index contributed by atoms with van der Waals surface area (Å²) in [6, 6.07) is 3.15. The maximum Gasteiger partial charge on any atom is 0.323 e. The average molecular weight is 204 g/mol. The van der Waals surface area contributed by atoms with Crippen LogP contribution in [0.25, 0.3) is 0 Å². The van der Waals surface area contributed by atoms with Crippen LogP contribution in [0.2, 0.25) is 0 Å². The molecule has 2 rings (SSSR count). The van der Waals surface area contributed by atoms with Gasteiger partial charge in [0.05, 0.1) is 0 Å². The summed E-state index contributed by atoms with van der Waals surface area (Å²) >= 11 is 0. The third-order valence-electron chi connectivity index (χ3n) is 2.43. The lowest BCUT2D eigenvalue weighted by Crippen LogP contribution is -2.29. The van der Waals surface area contributed by atoms with Crippen LogP contribution in [0, 0.1) is 5.41 Å². The number of urea groups is 1. The van der Waals surface area contributed by atoms with E-state index in [4.69, 9.17) is 5.41 Å². The Labute approximate surface area is 87.6 Å². The average Bonchev–Trinajstić information content (AvgIpc) is 2.54. The van der Waals surface area contributed by atoms with Crippen LogP contribution < -0.4 is 5.32 Å². The fraction of sp³-hybridized carbons (Fsp3) is 0.300. The highest BCUT2D eigenvalue weighted by molar-refractivity contribution is 6.05. The first kappa shape index (κ1) is 9.64. The third-order valence-corrected chi connectivity index (χ3v) is 2.43. The van der Waals surface area contributed by atoms with Crippen LogP contribution >= 0.6 is 0 Å². The van der Waals surface area contributed by atoms with Crippen molar-refractivity contribution in [2.45, 2.75) is 13.0 Å². The smallest absolute Gasteiger partial charge is 0.310 e. The Morgan fingerprint density at radius 3 is 3.07 bits per heavy atom. The highest BCUT2D eigenvalue weighted by atomic mass is 16.2. The van der Waals surface area contributed by atoms with Crippen molar-refractivity contribution in [2.75, 3.05) is 6.54 Å². The van der Waals surface area contributed by atoms with E-state index in [1.165, 1.54) is 0 Å². The monoisotopic (exact) mass is 204 g/mol. The molecular weight excluding hydrogens is 192 g/mol. The van der Waals surface area contributed by atoms with Gasteiger partial charge in [0, 0.05) is 24.5 Å². The fourth-order valence-electron chi connectivity index (χ4n) is 1.74. The molecule has 1 aromatic heterocycles. The van der Waals surface area contributed by atoms with Crippen LogP contribution in [0.5, 0.6) is 0 Å². The van der Waals surface area contributed by atoms with Crippen molar-refractivity contribution in [2.24, 2.45) is 0 Å². The normalized spacial score (nSPS) is 20.6. The van der Waals surface area contributed by atoms with E-state index in [-0.39, 0.29) is 17.9 Å². The molecule has 1 aliphatic heterocycles. The van der Waals surface area contributed by atoms with E-state index in [1.807, 2.05) is 13.0 Å². The van der Waals surface area contributed by atoms with Crippen molar-refractivity contribution in [1.82, 2.24) is 15.2 Å². The number of aromatic nitrogens is 1. The summed E-state index contributed by atoms with van der Waals surface area (Å²) in [6.45, 7) is 2.47. The molecular formula is C10H12N4O. The van der Waals surface area contributed by atoms with E-state index in [0.29, 0.717) is 6.54 Å². The Morgan fingerprint density at radius 2 is 2.47 bits per heavy atom. The molecule has 1 aliphatic rings. The lowest BCUT2D eigenvalue weighted by molar-refractivity contribution is 0.209. The predicted molar refractivity (Wildman–Crippen MR) is 55.6 cm³/mol. The Morgan fingerprint density at radius 1 is 1.67 bits per heavy atom. The standard InChI is InChI=1S/C10H12N4O/c1-2-14-8(9(11)13-10(14)15)7-4-3-5-12-6-7/h3-6,8H,2H2,1H3,(H2,11,13,15). The van der Waals surface area contributed by atoms with E-state index in [9.17, 15) is 4.79 Å². The quantitative estimate of drug-likeness (QED) is 0.758. The minimum Gasteiger partial charge on any atom is -0.310 e. The molecule has 2 amide bonds. The van der Waals surface area contributed by atoms with E-state index in [0.717, 1.165) is 5.56 Å². The number of nitrogens with one attached hydrogen (secondary N) is 2. The summed E-state index contributed by atoms with van der Waals surface area (Å²) in [6.07, 6.45) is 3.36. The van der Waals surface area contributed by atoms with E-state index in [1.54, 1.807) is 23.4 Å². The van der Waals surface area contributed by atoms with Gasteiger partial charge >= 0.3 is 6.03 Å². The highest BCUT2D eigenvalue weighted by Gasteiger charge is 2.35. The number of rotatable bonds is 2. The molecule has 1 unspecified atom stereocenters. The molecule has 0 saturated carbocycles. The minimum absolute atomic E-state index is 0.212. The molecule has 2 N–H and O–H groups in total. The molecule has 0 bridgehead atoms. The molecule has 78 valence electrons. The first-order chi connectivity index (χ1) is 7.24. The van der Waals surface area contributed by atoms with Gasteiger partial charge in [0.2, 0.25) is 0 Å². The zero-order valence-electron chi connectivity index (χ0n) is 8.40. The first-order valence-corrected chi connectivity index (χ1v) is 4.80. The van der Waals surface area contributed by atoms with Gasteiger partial charge in [-0.1, -0.05) is 6.07 Å². The summed E-state index contributed by atoms with van der Waals surface area (Å²) in [5.74, 6) is 0.217. The minimum atomic E-state index is -0.309. The SMILES string of the molecule is CCN1C(=O)NC(=N)C1c1cccnc1. The second-order valence-electron chi connectivity index (χ2n) is 3.32. The molecule has 2 heterocycles. The molecule has 15 heavy (non-hydrogen) atoms. The van der Waals surface area contributed by atoms with Gasteiger partial charge in [0.25, 0.3) is 0 Å². The van der Waals surface area contributed by atoms with Crippen LogP contribution in [0.3, 0.4) is 0 Å². The number of amidine groups is 1. The van der Waals surface area contributed by atoms with Gasteiger partial charge in [-0.2, -0.15) is 0 Å². The van der Waals surface area contributed by atoms with Crippen LogP contribution in [0.4, 0.5) is 4.79 Å². The van der Waals surface area contributed by atoms with Gasteiger partial charge in [-0.25, -0.2) is 4.79 Å². The molecule has 1 saturated heterocycles. The van der Waals surface area contributed by atoms with E-state index in [2.05, 4.69) is 10.3 Å². The Hall–Kier alpha value is -1.91. The van der Waals surface area contributed by atoms with E-state index < -0.39 is 0 Å². The fourth-order valence-corrected chi connectivity index (χ4v) is 1.74. The van der Waals surface area contributed by atoms with Gasteiger partial charge in [-0.3, -0.25) is 15.7 Å². The Bertz CT molecular complexity index is 390. The lowest BCUT2D eigenvalue weighted by Gasteiger charge is -2.20. The van der Waals surface area contributed by atoms with Gasteiger partial charge in [0.1, 0.15) is 11.9 Å². The Balaban J connectivity index is 2.35. The molecule has 0 aromatic carbocycles.